The molecule has 0 radical (unpaired) electrons. The van der Waals surface area contributed by atoms with Gasteiger partial charge in [0.25, 0.3) is 0 Å². The van der Waals surface area contributed by atoms with Gasteiger partial charge < -0.3 is 14.4 Å². The van der Waals surface area contributed by atoms with E-state index >= 15 is 0 Å². The van der Waals surface area contributed by atoms with Crippen molar-refractivity contribution in [2.75, 3.05) is 11.4 Å². The summed E-state index contributed by atoms with van der Waals surface area (Å²) in [4.78, 5) is 17.2. The minimum Gasteiger partial charge on any atom is -0.480 e. The molecule has 21 heavy (non-hydrogen) atoms. The van der Waals surface area contributed by atoms with E-state index in [4.69, 9.17) is 9.52 Å². The van der Waals surface area contributed by atoms with E-state index in [1.54, 1.807) is 4.90 Å². The van der Waals surface area contributed by atoms with Crippen molar-refractivity contribution in [2.45, 2.75) is 6.54 Å². The van der Waals surface area contributed by atoms with Crippen molar-refractivity contribution in [3.8, 4) is 0 Å². The van der Waals surface area contributed by atoms with Crippen molar-refractivity contribution in [1.82, 2.24) is 4.98 Å². The van der Waals surface area contributed by atoms with Gasteiger partial charge >= 0.3 is 5.97 Å². The number of hydrogen-bond acceptors (Lipinski definition) is 4. The van der Waals surface area contributed by atoms with Gasteiger partial charge in [-0.15, -0.1) is 0 Å². The molecule has 0 saturated carbocycles. The van der Waals surface area contributed by atoms with Crippen molar-refractivity contribution in [1.29, 1.82) is 0 Å². The lowest BCUT2D eigenvalue weighted by Gasteiger charge is -2.20. The van der Waals surface area contributed by atoms with E-state index in [-0.39, 0.29) is 6.54 Å². The molecule has 0 unspecified atom stereocenters. The van der Waals surface area contributed by atoms with Gasteiger partial charge in [-0.2, -0.15) is 0 Å². The third kappa shape index (κ3) is 3.02. The van der Waals surface area contributed by atoms with Crippen molar-refractivity contribution < 1.29 is 14.3 Å². The smallest absolute Gasteiger partial charge is 0.323 e. The fraction of sp³-hybridized carbons (Fsp3) is 0.125. The number of carboxylic acids is 1. The maximum absolute atomic E-state index is 11.1. The Hall–Kier alpha value is -2.82. The molecule has 0 amide bonds. The molecule has 5 heteroatoms. The minimum absolute atomic E-state index is 0.108. The molecule has 0 spiro atoms. The van der Waals surface area contributed by atoms with Crippen LogP contribution in [-0.2, 0) is 11.3 Å². The summed E-state index contributed by atoms with van der Waals surface area (Å²) >= 11 is 0. The number of aliphatic carboxylic acids is 1. The van der Waals surface area contributed by atoms with Gasteiger partial charge in [-0.1, -0.05) is 30.3 Å². The molecule has 0 fully saturated rings. The summed E-state index contributed by atoms with van der Waals surface area (Å²) < 4.78 is 5.66. The van der Waals surface area contributed by atoms with E-state index in [1.165, 1.54) is 0 Å². The van der Waals surface area contributed by atoms with Gasteiger partial charge in [-0.05, 0) is 24.3 Å². The Labute approximate surface area is 121 Å². The van der Waals surface area contributed by atoms with E-state index in [2.05, 4.69) is 4.98 Å². The van der Waals surface area contributed by atoms with Gasteiger partial charge in [0.15, 0.2) is 5.58 Å². The summed E-state index contributed by atoms with van der Waals surface area (Å²) in [5.74, 6) is -0.392. The average Bonchev–Trinajstić information content (AvgIpc) is 2.89. The first-order valence-corrected chi connectivity index (χ1v) is 6.58. The highest BCUT2D eigenvalue weighted by Crippen LogP contribution is 2.19. The zero-order valence-corrected chi connectivity index (χ0v) is 11.3. The normalized spacial score (nSPS) is 10.7. The molecule has 0 saturated heterocycles. The SMILES string of the molecule is O=C(O)CN(Cc1nc2ccccc2o1)c1ccccc1. The van der Waals surface area contributed by atoms with Crippen LogP contribution in [0.5, 0.6) is 0 Å². The van der Waals surface area contributed by atoms with Crippen LogP contribution >= 0.6 is 0 Å². The van der Waals surface area contributed by atoms with Crippen LogP contribution in [0.1, 0.15) is 5.89 Å². The van der Waals surface area contributed by atoms with Gasteiger partial charge in [0.1, 0.15) is 12.1 Å². The Morgan fingerprint density at radius 1 is 1.10 bits per heavy atom. The Balaban J connectivity index is 1.88. The number of oxazole rings is 1. The second-order valence-corrected chi connectivity index (χ2v) is 4.66. The lowest BCUT2D eigenvalue weighted by atomic mass is 10.3. The number of carbonyl (C=O) groups is 1. The van der Waals surface area contributed by atoms with Crippen LogP contribution in [0.25, 0.3) is 11.1 Å². The molecule has 0 aliphatic carbocycles. The standard InChI is InChI=1S/C16H14N2O3/c19-16(20)11-18(12-6-2-1-3-7-12)10-15-17-13-8-4-5-9-14(13)21-15/h1-9H,10-11H2,(H,19,20). The van der Waals surface area contributed by atoms with E-state index in [0.29, 0.717) is 18.0 Å². The summed E-state index contributed by atoms with van der Waals surface area (Å²) in [6.45, 7) is 0.202. The van der Waals surface area contributed by atoms with E-state index in [1.807, 2.05) is 54.6 Å². The molecule has 0 bridgehead atoms. The van der Waals surface area contributed by atoms with Crippen molar-refractivity contribution >= 4 is 22.8 Å². The maximum Gasteiger partial charge on any atom is 0.323 e. The van der Waals surface area contributed by atoms with Crippen LogP contribution in [-0.4, -0.2) is 22.6 Å². The number of fused-ring (bicyclic) bond motifs is 1. The molecule has 0 atom stereocenters. The molecule has 5 nitrogen and oxygen atoms in total. The highest BCUT2D eigenvalue weighted by Gasteiger charge is 2.14. The van der Waals surface area contributed by atoms with Crippen LogP contribution in [0.4, 0.5) is 5.69 Å². The molecule has 1 heterocycles. The third-order valence-corrected chi connectivity index (χ3v) is 3.11. The number of aromatic nitrogens is 1. The van der Waals surface area contributed by atoms with Gasteiger partial charge in [-0.25, -0.2) is 4.98 Å². The van der Waals surface area contributed by atoms with Crippen molar-refractivity contribution in [2.24, 2.45) is 0 Å². The Morgan fingerprint density at radius 3 is 2.52 bits per heavy atom. The summed E-state index contributed by atoms with van der Waals surface area (Å²) in [5.41, 5.74) is 2.30. The highest BCUT2D eigenvalue weighted by atomic mass is 16.4. The van der Waals surface area contributed by atoms with E-state index in [9.17, 15) is 4.79 Å². The summed E-state index contributed by atoms with van der Waals surface area (Å²) in [6, 6.07) is 16.8. The quantitative estimate of drug-likeness (QED) is 0.779. The highest BCUT2D eigenvalue weighted by molar-refractivity contribution is 5.74. The maximum atomic E-state index is 11.1. The number of nitrogens with zero attached hydrogens (tertiary/aromatic N) is 2. The molecule has 0 aliphatic heterocycles. The number of benzene rings is 2. The zero-order valence-electron chi connectivity index (χ0n) is 11.3. The van der Waals surface area contributed by atoms with Crippen LogP contribution in [0.2, 0.25) is 0 Å². The van der Waals surface area contributed by atoms with Crippen LogP contribution in [0.15, 0.2) is 59.0 Å². The van der Waals surface area contributed by atoms with Gasteiger partial charge in [-0.3, -0.25) is 4.79 Å². The first-order chi connectivity index (χ1) is 10.2. The number of para-hydroxylation sites is 3. The monoisotopic (exact) mass is 282 g/mol. The van der Waals surface area contributed by atoms with E-state index in [0.717, 1.165) is 11.2 Å². The van der Waals surface area contributed by atoms with Crippen LogP contribution in [0.3, 0.4) is 0 Å². The summed E-state index contributed by atoms with van der Waals surface area (Å²) in [5, 5.41) is 9.07. The van der Waals surface area contributed by atoms with Crippen LogP contribution < -0.4 is 4.90 Å². The molecular weight excluding hydrogens is 268 g/mol. The zero-order chi connectivity index (χ0) is 14.7. The van der Waals surface area contributed by atoms with Crippen molar-refractivity contribution in [3.63, 3.8) is 0 Å². The number of rotatable bonds is 5. The van der Waals surface area contributed by atoms with Gasteiger partial charge in [0.05, 0.1) is 6.54 Å². The van der Waals surface area contributed by atoms with Crippen molar-refractivity contribution in [3.05, 3.63) is 60.5 Å². The fourth-order valence-electron chi connectivity index (χ4n) is 2.19. The molecule has 1 aromatic heterocycles. The second-order valence-electron chi connectivity index (χ2n) is 4.66. The molecule has 0 aliphatic rings. The topological polar surface area (TPSA) is 66.6 Å². The number of anilines is 1. The van der Waals surface area contributed by atoms with Gasteiger partial charge in [0.2, 0.25) is 5.89 Å². The lowest BCUT2D eigenvalue weighted by molar-refractivity contribution is -0.135. The summed E-state index contributed by atoms with van der Waals surface area (Å²) in [7, 11) is 0. The molecule has 106 valence electrons. The molecular formula is C16H14N2O3. The first-order valence-electron chi connectivity index (χ1n) is 6.58. The Kier molecular flexibility index (Phi) is 3.55. The largest absolute Gasteiger partial charge is 0.480 e. The molecule has 2 aromatic carbocycles. The predicted octanol–water partition coefficient (Wildman–Crippen LogP) is 2.92. The minimum atomic E-state index is -0.894. The predicted molar refractivity (Wildman–Crippen MR) is 79.1 cm³/mol. The Bertz CT molecular complexity index is 719. The average molecular weight is 282 g/mol. The molecule has 3 rings (SSSR count). The third-order valence-electron chi connectivity index (χ3n) is 3.11. The van der Waals surface area contributed by atoms with Crippen LogP contribution in [0, 0.1) is 0 Å². The lowest BCUT2D eigenvalue weighted by Crippen LogP contribution is -2.29. The van der Waals surface area contributed by atoms with E-state index < -0.39 is 5.97 Å². The number of hydrogen-bond donors (Lipinski definition) is 1. The Morgan fingerprint density at radius 2 is 1.81 bits per heavy atom. The number of carboxylic acid groups (broad SMARTS) is 1. The summed E-state index contributed by atoms with van der Waals surface area (Å²) in [6.07, 6.45) is 0. The van der Waals surface area contributed by atoms with Gasteiger partial charge in [0, 0.05) is 5.69 Å². The fourth-order valence-corrected chi connectivity index (χ4v) is 2.19. The molecule has 1 N–H and O–H groups in total. The second kappa shape index (κ2) is 5.66. The molecule has 3 aromatic rings. The first kappa shape index (κ1) is 13.2.